The molecule has 0 aliphatic heterocycles. The molecule has 0 amide bonds. The first-order valence-electron chi connectivity index (χ1n) is 7.63. The quantitative estimate of drug-likeness (QED) is 0.847. The van der Waals surface area contributed by atoms with Gasteiger partial charge in [-0.1, -0.05) is 30.3 Å². The van der Waals surface area contributed by atoms with E-state index in [-0.39, 0.29) is 11.1 Å². The van der Waals surface area contributed by atoms with Crippen molar-refractivity contribution in [3.05, 3.63) is 42.1 Å². The van der Waals surface area contributed by atoms with Gasteiger partial charge < -0.3 is 9.88 Å². The van der Waals surface area contributed by atoms with Gasteiger partial charge in [0, 0.05) is 16.6 Å². The summed E-state index contributed by atoms with van der Waals surface area (Å²) < 4.78 is 2.10. The molecule has 1 heterocycles. The van der Waals surface area contributed by atoms with E-state index in [0.717, 1.165) is 16.9 Å². The highest BCUT2D eigenvalue weighted by Crippen LogP contribution is 2.35. The van der Waals surface area contributed by atoms with E-state index in [1.54, 1.807) is 0 Å². The van der Waals surface area contributed by atoms with Crippen LogP contribution in [0.4, 0.5) is 5.82 Å². The van der Waals surface area contributed by atoms with E-state index < -0.39 is 0 Å². The highest BCUT2D eigenvalue weighted by Gasteiger charge is 2.26. The van der Waals surface area contributed by atoms with E-state index in [1.165, 1.54) is 0 Å². The summed E-state index contributed by atoms with van der Waals surface area (Å²) >= 11 is 0. The maximum Gasteiger partial charge on any atom is 0.130 e. The highest BCUT2D eigenvalue weighted by molar-refractivity contribution is 5.74. The molecule has 1 aromatic heterocycles. The van der Waals surface area contributed by atoms with Gasteiger partial charge in [-0.2, -0.15) is 5.26 Å². The first kappa shape index (κ1) is 16.2. The second-order valence-electron chi connectivity index (χ2n) is 7.65. The van der Waals surface area contributed by atoms with Crippen LogP contribution in [0.3, 0.4) is 0 Å². The molecule has 116 valence electrons. The molecular formula is C19H25N3. The summed E-state index contributed by atoms with van der Waals surface area (Å²) in [4.78, 5) is 0. The van der Waals surface area contributed by atoms with Gasteiger partial charge in [0.25, 0.3) is 0 Å². The largest absolute Gasteiger partial charge is 0.367 e. The molecule has 0 saturated carbocycles. The van der Waals surface area contributed by atoms with Crippen molar-refractivity contribution in [1.29, 1.82) is 5.26 Å². The summed E-state index contributed by atoms with van der Waals surface area (Å²) in [6.45, 7) is 12.7. The third-order valence-corrected chi connectivity index (χ3v) is 3.37. The van der Waals surface area contributed by atoms with Gasteiger partial charge in [-0.15, -0.1) is 0 Å². The van der Waals surface area contributed by atoms with Crippen molar-refractivity contribution in [2.45, 2.75) is 52.6 Å². The van der Waals surface area contributed by atoms with Crippen molar-refractivity contribution in [2.75, 3.05) is 5.32 Å². The van der Waals surface area contributed by atoms with Crippen molar-refractivity contribution in [3.63, 3.8) is 0 Å². The van der Waals surface area contributed by atoms with Crippen LogP contribution < -0.4 is 5.32 Å². The first-order chi connectivity index (χ1) is 10.1. The normalized spacial score (nSPS) is 12.0. The minimum absolute atomic E-state index is 0.0674. The monoisotopic (exact) mass is 295 g/mol. The Morgan fingerprint density at radius 3 is 2.05 bits per heavy atom. The van der Waals surface area contributed by atoms with Gasteiger partial charge >= 0.3 is 0 Å². The zero-order chi connectivity index (χ0) is 16.5. The third kappa shape index (κ3) is 3.33. The van der Waals surface area contributed by atoms with Crippen LogP contribution in [0.5, 0.6) is 0 Å². The van der Waals surface area contributed by atoms with Gasteiger partial charge in [-0.25, -0.2) is 0 Å². The SMILES string of the molecule is CC(C)(C)Nc1cc(-c2ccccc2)c(C#N)n1C(C)(C)C. The van der Waals surface area contributed by atoms with E-state index in [2.05, 4.69) is 63.6 Å². The predicted molar refractivity (Wildman–Crippen MR) is 93.0 cm³/mol. The van der Waals surface area contributed by atoms with Gasteiger partial charge in [0.05, 0.1) is 0 Å². The molecule has 0 spiro atoms. The zero-order valence-electron chi connectivity index (χ0n) is 14.4. The lowest BCUT2D eigenvalue weighted by Gasteiger charge is -2.30. The summed E-state index contributed by atoms with van der Waals surface area (Å²) in [6, 6.07) is 14.6. The lowest BCUT2D eigenvalue weighted by Crippen LogP contribution is -2.31. The summed E-state index contributed by atoms with van der Waals surface area (Å²) in [6.07, 6.45) is 0. The Morgan fingerprint density at radius 2 is 1.59 bits per heavy atom. The number of aromatic nitrogens is 1. The highest BCUT2D eigenvalue weighted by atomic mass is 15.2. The second kappa shape index (κ2) is 5.53. The van der Waals surface area contributed by atoms with E-state index in [9.17, 15) is 5.26 Å². The molecule has 0 fully saturated rings. The summed E-state index contributed by atoms with van der Waals surface area (Å²) in [7, 11) is 0. The standard InChI is InChI=1S/C19H25N3/c1-18(2,3)21-17-12-15(14-10-8-7-9-11-14)16(13-20)22(17)19(4,5)6/h7-12,21H,1-6H3. The van der Waals surface area contributed by atoms with Crippen LogP contribution in [0.2, 0.25) is 0 Å². The maximum atomic E-state index is 9.74. The minimum Gasteiger partial charge on any atom is -0.367 e. The average Bonchev–Trinajstić information content (AvgIpc) is 2.75. The van der Waals surface area contributed by atoms with Gasteiger partial charge in [-0.3, -0.25) is 0 Å². The molecule has 1 aromatic carbocycles. The van der Waals surface area contributed by atoms with Gasteiger partial charge in [0.1, 0.15) is 17.6 Å². The van der Waals surface area contributed by atoms with Crippen molar-refractivity contribution >= 4 is 5.82 Å². The molecule has 0 atom stereocenters. The molecule has 0 radical (unpaired) electrons. The van der Waals surface area contributed by atoms with E-state index in [4.69, 9.17) is 0 Å². The Bertz CT molecular complexity index is 689. The number of rotatable bonds is 2. The van der Waals surface area contributed by atoms with Crippen molar-refractivity contribution in [1.82, 2.24) is 4.57 Å². The number of nitriles is 1. The van der Waals surface area contributed by atoms with E-state index in [1.807, 2.05) is 30.3 Å². The van der Waals surface area contributed by atoms with Crippen molar-refractivity contribution in [3.8, 4) is 17.2 Å². The van der Waals surface area contributed by atoms with Gasteiger partial charge in [-0.05, 0) is 53.2 Å². The molecule has 2 aromatic rings. The summed E-state index contributed by atoms with van der Waals surface area (Å²) in [5, 5.41) is 13.3. The molecule has 0 aliphatic carbocycles. The van der Waals surface area contributed by atoms with Crippen LogP contribution in [0.15, 0.2) is 36.4 Å². The van der Waals surface area contributed by atoms with Crippen LogP contribution in [0.25, 0.3) is 11.1 Å². The predicted octanol–water partition coefficient (Wildman–Crippen LogP) is 4.99. The van der Waals surface area contributed by atoms with Gasteiger partial charge in [0.2, 0.25) is 0 Å². The Kier molecular flexibility index (Phi) is 4.06. The number of anilines is 1. The summed E-state index contributed by atoms with van der Waals surface area (Å²) in [5.74, 6) is 0.982. The fourth-order valence-corrected chi connectivity index (χ4v) is 2.63. The lowest BCUT2D eigenvalue weighted by molar-refractivity contribution is 0.397. The topological polar surface area (TPSA) is 40.8 Å². The summed E-state index contributed by atoms with van der Waals surface area (Å²) in [5.41, 5.74) is 2.50. The average molecular weight is 295 g/mol. The number of benzene rings is 1. The minimum atomic E-state index is -0.175. The molecule has 3 nitrogen and oxygen atoms in total. The molecule has 0 saturated heterocycles. The van der Waals surface area contributed by atoms with Crippen LogP contribution in [-0.4, -0.2) is 10.1 Å². The molecule has 0 aliphatic rings. The molecule has 0 bridgehead atoms. The molecule has 3 heteroatoms. The Hall–Kier alpha value is -2.21. The zero-order valence-corrected chi connectivity index (χ0v) is 14.4. The van der Waals surface area contributed by atoms with E-state index >= 15 is 0 Å². The second-order valence-corrected chi connectivity index (χ2v) is 7.65. The van der Waals surface area contributed by atoms with Crippen LogP contribution >= 0.6 is 0 Å². The molecule has 2 rings (SSSR count). The Labute approximate surface area is 133 Å². The lowest BCUT2D eigenvalue weighted by atomic mass is 10.1. The fourth-order valence-electron chi connectivity index (χ4n) is 2.63. The number of nitrogens with one attached hydrogen (secondary N) is 1. The molecule has 1 N–H and O–H groups in total. The molecule has 22 heavy (non-hydrogen) atoms. The van der Waals surface area contributed by atoms with Crippen LogP contribution in [0, 0.1) is 11.3 Å². The smallest absolute Gasteiger partial charge is 0.130 e. The number of hydrogen-bond donors (Lipinski definition) is 1. The molecule has 0 unspecified atom stereocenters. The van der Waals surface area contributed by atoms with Crippen LogP contribution in [-0.2, 0) is 5.54 Å². The number of hydrogen-bond acceptors (Lipinski definition) is 2. The Morgan fingerprint density at radius 1 is 1.00 bits per heavy atom. The maximum absolute atomic E-state index is 9.74. The molecular weight excluding hydrogens is 270 g/mol. The first-order valence-corrected chi connectivity index (χ1v) is 7.63. The third-order valence-electron chi connectivity index (χ3n) is 3.37. The van der Waals surface area contributed by atoms with E-state index in [0.29, 0.717) is 5.69 Å². The Balaban J connectivity index is 2.70. The number of nitrogens with zero attached hydrogens (tertiary/aromatic N) is 2. The fraction of sp³-hybridized carbons (Fsp3) is 0.421. The van der Waals surface area contributed by atoms with Crippen molar-refractivity contribution < 1.29 is 0 Å². The van der Waals surface area contributed by atoms with Crippen LogP contribution in [0.1, 0.15) is 47.2 Å². The van der Waals surface area contributed by atoms with Gasteiger partial charge in [0.15, 0.2) is 0 Å². The van der Waals surface area contributed by atoms with Crippen molar-refractivity contribution in [2.24, 2.45) is 0 Å².